The maximum Gasteiger partial charge on any atom is 0.161 e. The molecule has 0 amide bonds. The van der Waals surface area contributed by atoms with Crippen molar-refractivity contribution in [2.24, 2.45) is 0 Å². The summed E-state index contributed by atoms with van der Waals surface area (Å²) in [6.07, 6.45) is 1.90. The number of benzene rings is 3. The number of rotatable bonds is 2. The molecule has 0 aliphatic heterocycles. The molecule has 34 heavy (non-hydrogen) atoms. The summed E-state index contributed by atoms with van der Waals surface area (Å²) in [5.74, 6) is 0.923. The van der Waals surface area contributed by atoms with Crippen molar-refractivity contribution in [1.82, 2.24) is 4.98 Å². The van der Waals surface area contributed by atoms with Gasteiger partial charge in [-0.1, -0.05) is 45.0 Å². The van der Waals surface area contributed by atoms with E-state index >= 15 is 0 Å². The molecule has 0 radical (unpaired) electrons. The minimum absolute atomic E-state index is 0.0157. The van der Waals surface area contributed by atoms with Crippen LogP contribution < -0.4 is 0 Å². The van der Waals surface area contributed by atoms with Gasteiger partial charge in [-0.2, -0.15) is 0 Å². The Morgan fingerprint density at radius 3 is 2.41 bits per heavy atom. The number of hydrogen-bond acceptors (Lipinski definition) is 3. The van der Waals surface area contributed by atoms with Gasteiger partial charge in [-0.25, -0.2) is 0 Å². The number of nitrogens with zero attached hydrogens (tertiary/aromatic N) is 1. The topological polar surface area (TPSA) is 26.0 Å². The van der Waals surface area contributed by atoms with Crippen LogP contribution in [0, 0.1) is 13.8 Å². The molecule has 3 heterocycles. The lowest BCUT2D eigenvalue weighted by Gasteiger charge is -2.22. The van der Waals surface area contributed by atoms with E-state index in [-0.39, 0.29) is 5.41 Å². The molecule has 0 saturated heterocycles. The Hall–Kier alpha value is -3.43. The molecular formula is C31H27NOS. The van der Waals surface area contributed by atoms with Gasteiger partial charge in [0, 0.05) is 37.9 Å². The van der Waals surface area contributed by atoms with Crippen LogP contribution in [0.1, 0.15) is 36.8 Å². The highest BCUT2D eigenvalue weighted by atomic mass is 32.1. The average Bonchev–Trinajstić information content (AvgIpc) is 3.36. The third-order valence-corrected chi connectivity index (χ3v) is 7.73. The number of hydrogen-bond donors (Lipinski definition) is 0. The fourth-order valence-electron chi connectivity index (χ4n) is 5.01. The highest BCUT2D eigenvalue weighted by molar-refractivity contribution is 7.19. The summed E-state index contributed by atoms with van der Waals surface area (Å²) in [6.45, 7) is 11.1. The van der Waals surface area contributed by atoms with Gasteiger partial charge in [-0.3, -0.25) is 4.98 Å². The molecule has 0 aliphatic carbocycles. The van der Waals surface area contributed by atoms with Crippen LogP contribution in [0.15, 0.2) is 77.3 Å². The second-order valence-corrected chi connectivity index (χ2v) is 11.5. The summed E-state index contributed by atoms with van der Waals surface area (Å²) in [5, 5.41) is 4.90. The summed E-state index contributed by atoms with van der Waals surface area (Å²) in [7, 11) is 0. The standard InChI is InChI=1S/C31H27NOS/c1-18-14-22-16-21(10-11-27(22)34-18)29-19(2)24-12-13-32-28(30(24)33-29)23-15-20-8-6-7-9-25(20)26(17-23)31(3,4)5/h6-17H,1-5H3. The Bertz CT molecular complexity index is 1710. The summed E-state index contributed by atoms with van der Waals surface area (Å²) in [4.78, 5) is 6.14. The normalized spacial score (nSPS) is 12.3. The third kappa shape index (κ3) is 3.35. The maximum atomic E-state index is 6.60. The highest BCUT2D eigenvalue weighted by Crippen LogP contribution is 2.41. The maximum absolute atomic E-state index is 6.60. The Balaban J connectivity index is 1.58. The van der Waals surface area contributed by atoms with Gasteiger partial charge in [-0.15, -0.1) is 11.3 Å². The predicted octanol–water partition coefficient (Wildman–Crippen LogP) is 9.44. The zero-order valence-corrected chi connectivity index (χ0v) is 21.0. The SMILES string of the molecule is Cc1cc2cc(-c3oc4c(-c5cc(C(C)(C)C)c6ccccc6c5)nccc4c3C)ccc2s1. The second-order valence-electron chi connectivity index (χ2n) is 10.2. The van der Waals surface area contributed by atoms with Crippen molar-refractivity contribution >= 4 is 43.2 Å². The first-order valence-electron chi connectivity index (χ1n) is 11.7. The van der Waals surface area contributed by atoms with Crippen LogP contribution in [-0.4, -0.2) is 4.98 Å². The molecular weight excluding hydrogens is 434 g/mol. The molecule has 3 aromatic heterocycles. The van der Waals surface area contributed by atoms with Crippen LogP contribution in [0.2, 0.25) is 0 Å². The summed E-state index contributed by atoms with van der Waals surface area (Å²) in [6, 6.07) is 24.1. The molecule has 0 aliphatic rings. The van der Waals surface area contributed by atoms with Crippen LogP contribution >= 0.6 is 11.3 Å². The molecule has 6 aromatic rings. The van der Waals surface area contributed by atoms with Crippen LogP contribution in [0.5, 0.6) is 0 Å². The van der Waals surface area contributed by atoms with Gasteiger partial charge in [0.1, 0.15) is 11.5 Å². The molecule has 0 saturated carbocycles. The Morgan fingerprint density at radius 2 is 1.59 bits per heavy atom. The molecule has 0 unspecified atom stereocenters. The van der Waals surface area contributed by atoms with E-state index in [4.69, 9.17) is 9.40 Å². The first-order valence-corrected chi connectivity index (χ1v) is 12.5. The predicted molar refractivity (Wildman–Crippen MR) is 146 cm³/mol. The molecule has 3 heteroatoms. The molecule has 168 valence electrons. The fourth-order valence-corrected chi connectivity index (χ4v) is 5.92. The van der Waals surface area contributed by atoms with E-state index in [9.17, 15) is 0 Å². The van der Waals surface area contributed by atoms with Gasteiger partial charge >= 0.3 is 0 Å². The van der Waals surface area contributed by atoms with Gasteiger partial charge < -0.3 is 4.42 Å². The number of fused-ring (bicyclic) bond motifs is 3. The smallest absolute Gasteiger partial charge is 0.161 e. The van der Waals surface area contributed by atoms with Crippen LogP contribution in [0.25, 0.3) is 54.4 Å². The molecule has 0 fully saturated rings. The molecule has 0 N–H and O–H groups in total. The third-order valence-electron chi connectivity index (χ3n) is 6.70. The second kappa shape index (κ2) is 7.54. The lowest BCUT2D eigenvalue weighted by atomic mass is 9.82. The zero-order chi connectivity index (χ0) is 23.6. The minimum atomic E-state index is 0.0157. The van der Waals surface area contributed by atoms with Crippen molar-refractivity contribution in [2.45, 2.75) is 40.0 Å². The quantitative estimate of drug-likeness (QED) is 0.257. The van der Waals surface area contributed by atoms with Crippen LogP contribution in [0.3, 0.4) is 0 Å². The van der Waals surface area contributed by atoms with Crippen molar-refractivity contribution in [3.05, 3.63) is 88.9 Å². The van der Waals surface area contributed by atoms with Crippen molar-refractivity contribution in [1.29, 1.82) is 0 Å². The average molecular weight is 462 g/mol. The first kappa shape index (κ1) is 21.1. The van der Waals surface area contributed by atoms with Crippen molar-refractivity contribution in [3.8, 4) is 22.6 Å². The van der Waals surface area contributed by atoms with E-state index in [0.29, 0.717) is 0 Å². The first-order chi connectivity index (χ1) is 16.3. The van der Waals surface area contributed by atoms with Gasteiger partial charge in [-0.05, 0) is 83.4 Å². The van der Waals surface area contributed by atoms with Gasteiger partial charge in [0.05, 0.1) is 0 Å². The van der Waals surface area contributed by atoms with Crippen molar-refractivity contribution in [3.63, 3.8) is 0 Å². The largest absolute Gasteiger partial charge is 0.453 e. The van der Waals surface area contributed by atoms with E-state index in [1.54, 1.807) is 0 Å². The molecule has 0 spiro atoms. The Kier molecular flexibility index (Phi) is 4.69. The fraction of sp³-hybridized carbons (Fsp3) is 0.194. The van der Waals surface area contributed by atoms with Crippen molar-refractivity contribution in [2.75, 3.05) is 0 Å². The van der Waals surface area contributed by atoms with E-state index in [2.05, 4.69) is 101 Å². The van der Waals surface area contributed by atoms with E-state index < -0.39 is 0 Å². The molecule has 3 aromatic carbocycles. The number of thiophene rings is 1. The molecule has 0 bridgehead atoms. The van der Waals surface area contributed by atoms with E-state index in [1.807, 2.05) is 17.5 Å². The summed E-state index contributed by atoms with van der Waals surface area (Å²) < 4.78 is 7.91. The number of aromatic nitrogens is 1. The lowest BCUT2D eigenvalue weighted by molar-refractivity contribution is 0.596. The monoisotopic (exact) mass is 461 g/mol. The molecule has 0 atom stereocenters. The molecule has 6 rings (SSSR count). The Morgan fingerprint density at radius 1 is 0.794 bits per heavy atom. The molecule has 2 nitrogen and oxygen atoms in total. The summed E-state index contributed by atoms with van der Waals surface area (Å²) in [5.41, 5.74) is 6.45. The highest BCUT2D eigenvalue weighted by Gasteiger charge is 2.21. The summed E-state index contributed by atoms with van der Waals surface area (Å²) >= 11 is 1.83. The van der Waals surface area contributed by atoms with Crippen LogP contribution in [-0.2, 0) is 5.41 Å². The lowest BCUT2D eigenvalue weighted by Crippen LogP contribution is -2.12. The number of furan rings is 1. The van der Waals surface area contributed by atoms with Crippen molar-refractivity contribution < 1.29 is 4.42 Å². The van der Waals surface area contributed by atoms with Gasteiger partial charge in [0.25, 0.3) is 0 Å². The zero-order valence-electron chi connectivity index (χ0n) is 20.2. The minimum Gasteiger partial charge on any atom is -0.453 e. The van der Waals surface area contributed by atoms with Gasteiger partial charge in [0.15, 0.2) is 5.58 Å². The number of aryl methyl sites for hydroxylation is 2. The Labute approximate surface area is 203 Å². The number of pyridine rings is 1. The van der Waals surface area contributed by atoms with Crippen LogP contribution in [0.4, 0.5) is 0 Å². The van der Waals surface area contributed by atoms with E-state index in [1.165, 1.54) is 31.3 Å². The van der Waals surface area contributed by atoms with E-state index in [0.717, 1.165) is 39.1 Å². The van der Waals surface area contributed by atoms with Gasteiger partial charge in [0.2, 0.25) is 0 Å².